The number of methoxy groups -OCH3 is 2. The number of nitrogens with one attached hydrogen (secondary N) is 1. The molecule has 0 aromatic heterocycles. The number of para-hydroxylation sites is 2. The van der Waals surface area contributed by atoms with E-state index in [1.165, 1.54) is 6.08 Å². The SMILES string of the molecule is COc1ccc(/C=C/C(=O)c2ccc(OC)c3c2OC(C)(C)C=C3)cc1OCCCCCCC(=O)Nc1ccccc1N. The van der Waals surface area contributed by atoms with Crippen LogP contribution in [-0.2, 0) is 4.79 Å². The van der Waals surface area contributed by atoms with Gasteiger partial charge in [-0.1, -0.05) is 37.1 Å². The van der Waals surface area contributed by atoms with Crippen molar-refractivity contribution in [2.24, 2.45) is 0 Å². The first-order valence-electron chi connectivity index (χ1n) is 14.5. The number of nitrogens with two attached hydrogens (primary N) is 1. The summed E-state index contributed by atoms with van der Waals surface area (Å²) < 4.78 is 23.1. The third-order valence-corrected chi connectivity index (χ3v) is 7.06. The Morgan fingerprint density at radius 3 is 2.44 bits per heavy atom. The van der Waals surface area contributed by atoms with Crippen molar-refractivity contribution in [2.75, 3.05) is 31.9 Å². The molecular formula is C35H40N2O6. The van der Waals surface area contributed by atoms with E-state index < -0.39 is 5.60 Å². The molecule has 1 heterocycles. The zero-order chi connectivity index (χ0) is 30.8. The minimum absolute atomic E-state index is 0.0395. The van der Waals surface area contributed by atoms with Crippen LogP contribution in [0.2, 0.25) is 0 Å². The van der Waals surface area contributed by atoms with Crippen molar-refractivity contribution in [3.63, 3.8) is 0 Å². The number of hydrogen-bond acceptors (Lipinski definition) is 7. The van der Waals surface area contributed by atoms with Gasteiger partial charge in [-0.25, -0.2) is 0 Å². The molecule has 43 heavy (non-hydrogen) atoms. The Balaban J connectivity index is 1.29. The van der Waals surface area contributed by atoms with E-state index in [0.717, 1.165) is 36.8 Å². The summed E-state index contributed by atoms with van der Waals surface area (Å²) in [6, 6.07) is 16.3. The van der Waals surface area contributed by atoms with Gasteiger partial charge in [0.25, 0.3) is 0 Å². The van der Waals surface area contributed by atoms with Gasteiger partial charge in [0.05, 0.1) is 43.3 Å². The van der Waals surface area contributed by atoms with Crippen LogP contribution in [0.4, 0.5) is 11.4 Å². The normalized spacial score (nSPS) is 13.2. The van der Waals surface area contributed by atoms with Gasteiger partial charge in [-0.3, -0.25) is 9.59 Å². The van der Waals surface area contributed by atoms with Crippen LogP contribution in [0.15, 0.2) is 66.7 Å². The van der Waals surface area contributed by atoms with Crippen LogP contribution < -0.4 is 30.0 Å². The molecule has 3 N–H and O–H groups in total. The third-order valence-electron chi connectivity index (χ3n) is 7.06. The first kappa shape index (κ1) is 31.2. The summed E-state index contributed by atoms with van der Waals surface area (Å²) in [5.41, 5.74) is 8.57. The van der Waals surface area contributed by atoms with Crippen molar-refractivity contribution in [1.29, 1.82) is 0 Å². The molecule has 0 atom stereocenters. The Morgan fingerprint density at radius 2 is 1.67 bits per heavy atom. The van der Waals surface area contributed by atoms with Gasteiger partial charge < -0.3 is 30.0 Å². The summed E-state index contributed by atoms with van der Waals surface area (Å²) in [6.07, 6.45) is 11.1. The topological polar surface area (TPSA) is 109 Å². The predicted molar refractivity (Wildman–Crippen MR) is 171 cm³/mol. The largest absolute Gasteiger partial charge is 0.496 e. The molecule has 1 aliphatic rings. The highest BCUT2D eigenvalue weighted by Gasteiger charge is 2.27. The second-order valence-electron chi connectivity index (χ2n) is 10.9. The molecule has 8 nitrogen and oxygen atoms in total. The predicted octanol–water partition coefficient (Wildman–Crippen LogP) is 7.33. The number of rotatable bonds is 14. The number of carbonyl (C=O) groups is 2. The van der Waals surface area contributed by atoms with Gasteiger partial charge in [-0.2, -0.15) is 0 Å². The van der Waals surface area contributed by atoms with Crippen LogP contribution in [0, 0.1) is 0 Å². The highest BCUT2D eigenvalue weighted by atomic mass is 16.5. The van der Waals surface area contributed by atoms with Crippen LogP contribution in [0.3, 0.4) is 0 Å². The maximum Gasteiger partial charge on any atom is 0.224 e. The van der Waals surface area contributed by atoms with Gasteiger partial charge in [0.2, 0.25) is 5.91 Å². The zero-order valence-corrected chi connectivity index (χ0v) is 25.3. The van der Waals surface area contributed by atoms with Gasteiger partial charge >= 0.3 is 0 Å². The Morgan fingerprint density at radius 1 is 0.930 bits per heavy atom. The van der Waals surface area contributed by atoms with Gasteiger partial charge in [-0.15, -0.1) is 0 Å². The maximum atomic E-state index is 13.2. The number of amides is 1. The fourth-order valence-electron chi connectivity index (χ4n) is 4.72. The summed E-state index contributed by atoms with van der Waals surface area (Å²) >= 11 is 0. The number of unbranched alkanes of at least 4 members (excludes halogenated alkanes) is 3. The molecule has 0 radical (unpaired) electrons. The van der Waals surface area contributed by atoms with Crippen LogP contribution in [-0.4, -0.2) is 38.1 Å². The standard InChI is InChI=1S/C35H40N2O6/c1-35(2)21-20-26-30(40-3)19-16-25(34(26)43-35)29(38)17-14-24-15-18-31(41-4)32(23-24)42-22-10-6-5-7-13-33(39)37-28-12-9-8-11-27(28)36/h8-9,11-12,14-21,23H,5-7,10,13,22,36H2,1-4H3,(H,37,39)/b17-14+. The van der Waals surface area contributed by atoms with E-state index in [0.29, 0.717) is 53.0 Å². The monoisotopic (exact) mass is 584 g/mol. The fourth-order valence-corrected chi connectivity index (χ4v) is 4.72. The minimum Gasteiger partial charge on any atom is -0.496 e. The molecule has 0 aliphatic carbocycles. The molecule has 8 heteroatoms. The number of anilines is 2. The Labute approximate surface area is 253 Å². The van der Waals surface area contributed by atoms with Crippen LogP contribution >= 0.6 is 0 Å². The van der Waals surface area contributed by atoms with E-state index >= 15 is 0 Å². The number of fused-ring (bicyclic) bond motifs is 1. The highest BCUT2D eigenvalue weighted by Crippen LogP contribution is 2.40. The smallest absolute Gasteiger partial charge is 0.224 e. The van der Waals surface area contributed by atoms with Crippen LogP contribution in [0.1, 0.15) is 67.4 Å². The summed E-state index contributed by atoms with van der Waals surface area (Å²) in [7, 11) is 3.19. The molecule has 1 aliphatic heterocycles. The van der Waals surface area contributed by atoms with E-state index in [4.69, 9.17) is 24.7 Å². The first-order chi connectivity index (χ1) is 20.7. The first-order valence-corrected chi connectivity index (χ1v) is 14.5. The molecule has 4 rings (SSSR count). The van der Waals surface area contributed by atoms with Crippen molar-refractivity contribution in [1.82, 2.24) is 0 Å². The minimum atomic E-state index is -0.535. The lowest BCUT2D eigenvalue weighted by Gasteiger charge is -2.29. The quantitative estimate of drug-likeness (QED) is 0.0883. The van der Waals surface area contributed by atoms with Gasteiger partial charge in [0.15, 0.2) is 17.3 Å². The molecule has 226 valence electrons. The molecule has 0 unspecified atom stereocenters. The number of carbonyl (C=O) groups excluding carboxylic acids is 2. The van der Waals surface area contributed by atoms with Crippen LogP contribution in [0.25, 0.3) is 12.2 Å². The number of ether oxygens (including phenoxy) is 4. The summed E-state index contributed by atoms with van der Waals surface area (Å²) in [5.74, 6) is 2.17. The number of benzene rings is 3. The van der Waals surface area contributed by atoms with E-state index in [2.05, 4.69) is 5.32 Å². The molecular weight excluding hydrogens is 544 g/mol. The molecule has 0 bridgehead atoms. The van der Waals surface area contributed by atoms with E-state index in [9.17, 15) is 9.59 Å². The van der Waals surface area contributed by atoms with Crippen molar-refractivity contribution in [3.05, 3.63) is 83.4 Å². The summed E-state index contributed by atoms with van der Waals surface area (Å²) in [5, 5.41) is 2.86. The molecule has 0 fully saturated rings. The second-order valence-corrected chi connectivity index (χ2v) is 10.9. The second kappa shape index (κ2) is 14.4. The average molecular weight is 585 g/mol. The van der Waals surface area contributed by atoms with Crippen LogP contribution in [0.5, 0.6) is 23.0 Å². The molecule has 3 aromatic carbocycles. The third kappa shape index (κ3) is 8.41. The van der Waals surface area contributed by atoms with Crippen molar-refractivity contribution in [2.45, 2.75) is 51.6 Å². The van der Waals surface area contributed by atoms with Crippen molar-refractivity contribution < 1.29 is 28.5 Å². The Hall–Kier alpha value is -4.72. The number of hydrogen-bond donors (Lipinski definition) is 2. The fraction of sp³-hybridized carbons (Fsp3) is 0.314. The van der Waals surface area contributed by atoms with Gasteiger partial charge in [0, 0.05) is 6.42 Å². The molecule has 1 amide bonds. The maximum absolute atomic E-state index is 13.2. The summed E-state index contributed by atoms with van der Waals surface area (Å²) in [6.45, 7) is 4.39. The van der Waals surface area contributed by atoms with E-state index in [-0.39, 0.29) is 11.7 Å². The zero-order valence-electron chi connectivity index (χ0n) is 25.3. The lowest BCUT2D eigenvalue weighted by Crippen LogP contribution is -2.28. The van der Waals surface area contributed by atoms with Gasteiger partial charge in [-0.05, 0) is 86.9 Å². The number of allylic oxidation sites excluding steroid dienone is 1. The molecule has 0 spiro atoms. The molecule has 0 saturated carbocycles. The number of nitrogen functional groups attached to an aromatic ring is 1. The Bertz CT molecular complexity index is 1510. The Kier molecular flexibility index (Phi) is 10.5. The van der Waals surface area contributed by atoms with E-state index in [1.54, 1.807) is 44.6 Å². The lowest BCUT2D eigenvalue weighted by molar-refractivity contribution is -0.116. The molecule has 0 saturated heterocycles. The average Bonchev–Trinajstić information content (AvgIpc) is 2.99. The van der Waals surface area contributed by atoms with Gasteiger partial charge in [0.1, 0.15) is 17.1 Å². The summed E-state index contributed by atoms with van der Waals surface area (Å²) in [4.78, 5) is 25.4. The van der Waals surface area contributed by atoms with Crippen molar-refractivity contribution >= 4 is 35.2 Å². The van der Waals surface area contributed by atoms with Crippen molar-refractivity contribution in [3.8, 4) is 23.0 Å². The number of ketones is 1. The molecule has 3 aromatic rings. The lowest BCUT2D eigenvalue weighted by atomic mass is 9.97. The van der Waals surface area contributed by atoms with E-state index in [1.807, 2.05) is 56.3 Å². The highest BCUT2D eigenvalue weighted by molar-refractivity contribution is 6.09.